The Hall–Kier alpha value is -1.84. The van der Waals surface area contributed by atoms with Crippen LogP contribution in [0, 0.1) is 13.8 Å². The van der Waals surface area contributed by atoms with Crippen molar-refractivity contribution >= 4 is 0 Å². The van der Waals surface area contributed by atoms with Gasteiger partial charge in [0.25, 0.3) is 0 Å². The third kappa shape index (κ3) is 10.5. The fourth-order valence-corrected chi connectivity index (χ4v) is 3.01. The summed E-state index contributed by atoms with van der Waals surface area (Å²) in [6.45, 7) is 14.4. The molecule has 28 heavy (non-hydrogen) atoms. The third-order valence-electron chi connectivity index (χ3n) is 5.12. The third-order valence-corrected chi connectivity index (χ3v) is 5.12. The molecule has 1 aliphatic rings. The van der Waals surface area contributed by atoms with Crippen molar-refractivity contribution < 1.29 is 5.11 Å². The first kappa shape index (κ1) is 24.2. The van der Waals surface area contributed by atoms with Crippen molar-refractivity contribution in [2.45, 2.75) is 53.5 Å². The fraction of sp³-hybridized carbons (Fsp3) is 0.520. The first-order valence-electron chi connectivity index (χ1n) is 10.7. The van der Waals surface area contributed by atoms with Crippen molar-refractivity contribution in [2.75, 3.05) is 33.2 Å². The number of likely N-dealkylation sites (tertiary alicyclic amines) is 1. The van der Waals surface area contributed by atoms with Gasteiger partial charge in [0.1, 0.15) is 5.75 Å². The Morgan fingerprint density at radius 2 is 1.43 bits per heavy atom. The van der Waals surface area contributed by atoms with E-state index in [1.54, 1.807) is 6.07 Å². The van der Waals surface area contributed by atoms with E-state index in [-0.39, 0.29) is 0 Å². The maximum absolute atomic E-state index is 8.92. The van der Waals surface area contributed by atoms with Crippen LogP contribution in [-0.2, 0) is 6.54 Å². The Kier molecular flexibility index (Phi) is 12.3. The van der Waals surface area contributed by atoms with Crippen molar-refractivity contribution in [3.05, 3.63) is 65.2 Å². The van der Waals surface area contributed by atoms with Crippen LogP contribution in [0.15, 0.2) is 48.5 Å². The molecule has 1 heterocycles. The number of rotatable bonds is 4. The Labute approximate surface area is 173 Å². The zero-order chi connectivity index (χ0) is 20.8. The summed E-state index contributed by atoms with van der Waals surface area (Å²) in [5.74, 6) is 0.368. The highest BCUT2D eigenvalue weighted by molar-refractivity contribution is 5.29. The molecule has 1 saturated heterocycles. The molecule has 1 N–H and O–H groups in total. The van der Waals surface area contributed by atoms with Crippen LogP contribution in [0.25, 0.3) is 0 Å². The minimum atomic E-state index is 0.368. The van der Waals surface area contributed by atoms with Crippen molar-refractivity contribution in [1.29, 1.82) is 0 Å². The van der Waals surface area contributed by atoms with E-state index in [9.17, 15) is 0 Å². The van der Waals surface area contributed by atoms with Crippen LogP contribution in [0.3, 0.4) is 0 Å². The summed E-state index contributed by atoms with van der Waals surface area (Å²) < 4.78 is 0. The number of benzene rings is 2. The van der Waals surface area contributed by atoms with Gasteiger partial charge in [0.15, 0.2) is 0 Å². The predicted molar refractivity (Wildman–Crippen MR) is 122 cm³/mol. The highest BCUT2D eigenvalue weighted by Gasteiger charge is 2.02. The molecule has 0 spiro atoms. The van der Waals surface area contributed by atoms with Crippen LogP contribution in [0.2, 0.25) is 0 Å². The van der Waals surface area contributed by atoms with E-state index in [1.165, 1.54) is 43.5 Å². The van der Waals surface area contributed by atoms with E-state index < -0.39 is 0 Å². The molecule has 3 rings (SSSR count). The van der Waals surface area contributed by atoms with E-state index in [2.05, 4.69) is 61.9 Å². The van der Waals surface area contributed by atoms with Gasteiger partial charge in [-0.2, -0.15) is 0 Å². The Morgan fingerprint density at radius 1 is 0.857 bits per heavy atom. The molecule has 0 atom stereocenters. The van der Waals surface area contributed by atoms with Gasteiger partial charge in [-0.3, -0.25) is 4.90 Å². The molecule has 1 aliphatic heterocycles. The summed E-state index contributed by atoms with van der Waals surface area (Å²) in [6.07, 6.45) is 4.28. The Bertz CT molecular complexity index is 608. The van der Waals surface area contributed by atoms with Crippen molar-refractivity contribution in [3.8, 4) is 5.75 Å². The summed E-state index contributed by atoms with van der Waals surface area (Å²) in [6, 6.07) is 16.0. The van der Waals surface area contributed by atoms with Crippen LogP contribution in [0.1, 0.15) is 49.8 Å². The molecule has 0 amide bonds. The first-order valence-corrected chi connectivity index (χ1v) is 10.7. The lowest BCUT2D eigenvalue weighted by Crippen LogP contribution is -2.24. The molecule has 0 saturated carbocycles. The highest BCUT2D eigenvalue weighted by atomic mass is 16.3. The second-order valence-electron chi connectivity index (χ2n) is 7.60. The normalized spacial score (nSPS) is 13.9. The van der Waals surface area contributed by atoms with Gasteiger partial charge in [-0.1, -0.05) is 68.3 Å². The molecule has 0 radical (unpaired) electrons. The number of phenolic OH excluding ortho intramolecular Hbond substituents is 1. The largest absolute Gasteiger partial charge is 0.508 e. The lowest BCUT2D eigenvalue weighted by Gasteiger charge is -2.20. The number of hydrogen-bond donors (Lipinski definition) is 1. The monoisotopic (exact) mass is 384 g/mol. The molecule has 3 heteroatoms. The maximum Gasteiger partial charge on any atom is 0.118 e. The number of nitrogens with zero attached hydrogens (tertiary/aromatic N) is 2. The Balaban J connectivity index is 0.000000224. The van der Waals surface area contributed by atoms with Crippen molar-refractivity contribution in [2.24, 2.45) is 0 Å². The standard InChI is InChI=1S/C12H19N.C7H8O.C6H13N/c1-4-13(5-2)10-12-8-6-11(3)7-9-12;1-6-4-2-3-5-7(6)8;1-7-5-3-2-4-6-7/h6-9H,4-5,10H2,1-3H3;2-5,8H,1H3;2-6H2,1H3. The Morgan fingerprint density at radius 3 is 1.82 bits per heavy atom. The van der Waals surface area contributed by atoms with Gasteiger partial charge in [0.2, 0.25) is 0 Å². The fourth-order valence-electron chi connectivity index (χ4n) is 3.01. The zero-order valence-electron chi connectivity index (χ0n) is 18.6. The van der Waals surface area contributed by atoms with Crippen LogP contribution in [0.5, 0.6) is 5.75 Å². The quantitative estimate of drug-likeness (QED) is 0.739. The van der Waals surface area contributed by atoms with E-state index in [1.807, 2.05) is 25.1 Å². The highest BCUT2D eigenvalue weighted by Crippen LogP contribution is 2.12. The van der Waals surface area contributed by atoms with Gasteiger partial charge in [0.05, 0.1) is 0 Å². The number of phenols is 1. The average molecular weight is 385 g/mol. The summed E-state index contributed by atoms with van der Waals surface area (Å²) in [5.41, 5.74) is 3.67. The van der Waals surface area contributed by atoms with E-state index in [0.717, 1.165) is 25.2 Å². The molecular formula is C25H40N2O. The van der Waals surface area contributed by atoms with Gasteiger partial charge in [-0.25, -0.2) is 0 Å². The molecular weight excluding hydrogens is 344 g/mol. The maximum atomic E-state index is 8.92. The van der Waals surface area contributed by atoms with Crippen molar-refractivity contribution in [3.63, 3.8) is 0 Å². The van der Waals surface area contributed by atoms with Crippen LogP contribution < -0.4 is 0 Å². The van der Waals surface area contributed by atoms with Gasteiger partial charge < -0.3 is 10.0 Å². The van der Waals surface area contributed by atoms with E-state index in [4.69, 9.17) is 5.11 Å². The summed E-state index contributed by atoms with van der Waals surface area (Å²) in [7, 11) is 2.19. The minimum Gasteiger partial charge on any atom is -0.508 e. The predicted octanol–water partition coefficient (Wildman–Crippen LogP) is 5.64. The number of para-hydroxylation sites is 1. The van der Waals surface area contributed by atoms with Crippen molar-refractivity contribution in [1.82, 2.24) is 9.80 Å². The summed E-state index contributed by atoms with van der Waals surface area (Å²) in [4.78, 5) is 4.81. The molecule has 156 valence electrons. The van der Waals surface area contributed by atoms with E-state index >= 15 is 0 Å². The average Bonchev–Trinajstić information content (AvgIpc) is 2.71. The lowest BCUT2D eigenvalue weighted by atomic mass is 10.1. The van der Waals surface area contributed by atoms with E-state index in [0.29, 0.717) is 5.75 Å². The molecule has 0 bridgehead atoms. The zero-order valence-corrected chi connectivity index (χ0v) is 18.6. The van der Waals surface area contributed by atoms with Gasteiger partial charge in [-0.05, 0) is 77.1 Å². The minimum absolute atomic E-state index is 0.368. The van der Waals surface area contributed by atoms with Crippen LogP contribution in [-0.4, -0.2) is 48.1 Å². The second-order valence-corrected chi connectivity index (χ2v) is 7.60. The molecule has 0 unspecified atom stereocenters. The smallest absolute Gasteiger partial charge is 0.118 e. The molecule has 3 nitrogen and oxygen atoms in total. The molecule has 0 aromatic heterocycles. The number of aromatic hydroxyl groups is 1. The van der Waals surface area contributed by atoms with Gasteiger partial charge in [0, 0.05) is 6.54 Å². The molecule has 1 fully saturated rings. The summed E-state index contributed by atoms with van der Waals surface area (Å²) in [5, 5.41) is 8.92. The van der Waals surface area contributed by atoms with Gasteiger partial charge >= 0.3 is 0 Å². The first-order chi connectivity index (χ1) is 13.5. The van der Waals surface area contributed by atoms with Crippen LogP contribution in [0.4, 0.5) is 0 Å². The number of piperidine rings is 1. The topological polar surface area (TPSA) is 26.7 Å². The summed E-state index contributed by atoms with van der Waals surface area (Å²) >= 11 is 0. The molecule has 2 aromatic carbocycles. The van der Waals surface area contributed by atoms with Gasteiger partial charge in [-0.15, -0.1) is 0 Å². The molecule has 2 aromatic rings. The SMILES string of the molecule is CCN(CC)Cc1ccc(C)cc1.CN1CCCCC1.Cc1ccccc1O. The second kappa shape index (κ2) is 14.2. The number of aryl methyl sites for hydroxylation is 2. The van der Waals surface area contributed by atoms with Crippen LogP contribution >= 0.6 is 0 Å². The molecule has 0 aliphatic carbocycles. The lowest BCUT2D eigenvalue weighted by molar-refractivity contribution is 0.277. The number of hydrogen-bond acceptors (Lipinski definition) is 3.